The van der Waals surface area contributed by atoms with E-state index in [4.69, 9.17) is 0 Å². The van der Waals surface area contributed by atoms with E-state index in [2.05, 4.69) is 52.0 Å². The Morgan fingerprint density at radius 2 is 2.19 bits per heavy atom. The summed E-state index contributed by atoms with van der Waals surface area (Å²) in [6.07, 6.45) is 5.64. The van der Waals surface area contributed by atoms with Crippen molar-refractivity contribution in [2.75, 3.05) is 0 Å². The second-order valence-corrected chi connectivity index (χ2v) is 5.63. The van der Waals surface area contributed by atoms with Gasteiger partial charge in [-0.15, -0.1) is 0 Å². The van der Waals surface area contributed by atoms with Gasteiger partial charge in [0.15, 0.2) is 0 Å². The fraction of sp³-hybridized carbons (Fsp3) is 0.375. The Hall–Kier alpha value is -2.14. The van der Waals surface area contributed by atoms with Crippen molar-refractivity contribution in [2.24, 2.45) is 7.05 Å². The van der Waals surface area contributed by atoms with Crippen LogP contribution >= 0.6 is 0 Å². The van der Waals surface area contributed by atoms with Crippen LogP contribution in [-0.2, 0) is 20.1 Å². The van der Waals surface area contributed by atoms with E-state index >= 15 is 0 Å². The summed E-state index contributed by atoms with van der Waals surface area (Å²) in [5.41, 5.74) is 3.55. The van der Waals surface area contributed by atoms with E-state index in [1.54, 1.807) is 0 Å². The Bertz CT molecular complexity index is 727. The van der Waals surface area contributed by atoms with Crippen LogP contribution < -0.4 is 5.32 Å². The molecule has 0 fully saturated rings. The molecule has 0 radical (unpaired) electrons. The number of fused-ring (bicyclic) bond motifs is 1. The van der Waals surface area contributed by atoms with Crippen LogP contribution in [0.15, 0.2) is 36.9 Å². The van der Waals surface area contributed by atoms with Crippen LogP contribution in [0.2, 0.25) is 0 Å². The van der Waals surface area contributed by atoms with Gasteiger partial charge in [-0.05, 0) is 26.0 Å². The van der Waals surface area contributed by atoms with Crippen molar-refractivity contribution < 1.29 is 0 Å². The molecular formula is C16H21N5. The monoisotopic (exact) mass is 283 g/mol. The summed E-state index contributed by atoms with van der Waals surface area (Å²) < 4.78 is 4.03. The molecule has 5 heteroatoms. The lowest BCUT2D eigenvalue weighted by molar-refractivity contribution is 0.472. The molecule has 3 rings (SSSR count). The molecule has 0 spiro atoms. The number of hydrogen-bond acceptors (Lipinski definition) is 3. The first-order valence-corrected chi connectivity index (χ1v) is 7.25. The van der Waals surface area contributed by atoms with E-state index in [0.717, 1.165) is 18.8 Å². The summed E-state index contributed by atoms with van der Waals surface area (Å²) in [6.45, 7) is 5.97. The van der Waals surface area contributed by atoms with Crippen molar-refractivity contribution in [3.63, 3.8) is 0 Å². The van der Waals surface area contributed by atoms with Gasteiger partial charge in [-0.3, -0.25) is 4.68 Å². The van der Waals surface area contributed by atoms with E-state index in [1.165, 1.54) is 16.5 Å². The predicted molar refractivity (Wildman–Crippen MR) is 84.0 cm³/mol. The van der Waals surface area contributed by atoms with Crippen molar-refractivity contribution in [3.8, 4) is 0 Å². The molecule has 110 valence electrons. The summed E-state index contributed by atoms with van der Waals surface area (Å²) in [5.74, 6) is 0. The summed E-state index contributed by atoms with van der Waals surface area (Å²) in [4.78, 5) is 4.07. The third-order valence-electron chi connectivity index (χ3n) is 3.74. The quantitative estimate of drug-likeness (QED) is 0.781. The highest BCUT2D eigenvalue weighted by Crippen LogP contribution is 2.19. The van der Waals surface area contributed by atoms with Crippen LogP contribution in [0.5, 0.6) is 0 Å². The van der Waals surface area contributed by atoms with Gasteiger partial charge in [-0.2, -0.15) is 5.10 Å². The molecule has 0 aliphatic rings. The first-order chi connectivity index (χ1) is 10.1. The predicted octanol–water partition coefficient (Wildman–Crippen LogP) is 2.26. The SMILES string of the molecule is Cc1ccc2c(c1)c(CN[C@@H](C)Cn1ccnc1)nn2C. The second kappa shape index (κ2) is 5.69. The third-order valence-corrected chi connectivity index (χ3v) is 3.74. The number of imidazole rings is 1. The average Bonchev–Trinajstić information content (AvgIpc) is 3.05. The fourth-order valence-electron chi connectivity index (χ4n) is 2.63. The van der Waals surface area contributed by atoms with Gasteiger partial charge in [0, 0.05) is 44.0 Å². The van der Waals surface area contributed by atoms with Crippen molar-refractivity contribution in [2.45, 2.75) is 33.0 Å². The molecule has 3 aromatic rings. The largest absolute Gasteiger partial charge is 0.336 e. The van der Waals surface area contributed by atoms with Crippen molar-refractivity contribution in [1.29, 1.82) is 0 Å². The Kier molecular flexibility index (Phi) is 3.75. The molecule has 21 heavy (non-hydrogen) atoms. The van der Waals surface area contributed by atoms with Crippen LogP contribution in [0.1, 0.15) is 18.2 Å². The smallest absolute Gasteiger partial charge is 0.0946 e. The first kappa shape index (κ1) is 13.8. The average molecular weight is 283 g/mol. The number of nitrogens with zero attached hydrogens (tertiary/aromatic N) is 4. The van der Waals surface area contributed by atoms with Crippen molar-refractivity contribution >= 4 is 10.9 Å². The minimum atomic E-state index is 0.362. The summed E-state index contributed by atoms with van der Waals surface area (Å²) in [7, 11) is 2.00. The zero-order valence-electron chi connectivity index (χ0n) is 12.7. The first-order valence-electron chi connectivity index (χ1n) is 7.25. The Balaban J connectivity index is 1.71. The molecular weight excluding hydrogens is 262 g/mol. The summed E-state index contributed by atoms with van der Waals surface area (Å²) >= 11 is 0. The molecule has 2 aromatic heterocycles. The number of hydrogen-bond donors (Lipinski definition) is 1. The Morgan fingerprint density at radius 3 is 2.95 bits per heavy atom. The molecule has 2 heterocycles. The summed E-state index contributed by atoms with van der Waals surface area (Å²) in [5, 5.41) is 9.41. The van der Waals surface area contributed by atoms with E-state index in [1.807, 2.05) is 30.5 Å². The van der Waals surface area contributed by atoms with Crippen molar-refractivity contribution in [3.05, 3.63) is 48.2 Å². The molecule has 0 saturated heterocycles. The maximum Gasteiger partial charge on any atom is 0.0946 e. The molecule has 0 bridgehead atoms. The molecule has 5 nitrogen and oxygen atoms in total. The van der Waals surface area contributed by atoms with Gasteiger partial charge in [0.2, 0.25) is 0 Å². The Morgan fingerprint density at radius 1 is 1.33 bits per heavy atom. The number of aromatic nitrogens is 4. The zero-order chi connectivity index (χ0) is 14.8. The minimum absolute atomic E-state index is 0.362. The zero-order valence-corrected chi connectivity index (χ0v) is 12.7. The molecule has 0 aliphatic carbocycles. The highest BCUT2D eigenvalue weighted by molar-refractivity contribution is 5.82. The van der Waals surface area contributed by atoms with Crippen LogP contribution in [0.25, 0.3) is 10.9 Å². The van der Waals surface area contributed by atoms with Crippen molar-refractivity contribution in [1.82, 2.24) is 24.6 Å². The minimum Gasteiger partial charge on any atom is -0.336 e. The maximum atomic E-state index is 4.63. The van der Waals surface area contributed by atoms with E-state index in [0.29, 0.717) is 6.04 Å². The number of benzene rings is 1. The van der Waals surface area contributed by atoms with E-state index in [-0.39, 0.29) is 0 Å². The molecule has 0 amide bonds. The van der Waals surface area contributed by atoms with E-state index < -0.39 is 0 Å². The lowest BCUT2D eigenvalue weighted by Crippen LogP contribution is -2.29. The number of nitrogens with one attached hydrogen (secondary N) is 1. The Labute approximate surface area is 124 Å². The van der Waals surface area contributed by atoms with Gasteiger partial charge in [0.25, 0.3) is 0 Å². The van der Waals surface area contributed by atoms with Gasteiger partial charge in [0.1, 0.15) is 0 Å². The highest BCUT2D eigenvalue weighted by atomic mass is 15.3. The normalized spacial score (nSPS) is 12.9. The van der Waals surface area contributed by atoms with Gasteiger partial charge >= 0.3 is 0 Å². The lowest BCUT2D eigenvalue weighted by Gasteiger charge is -2.13. The topological polar surface area (TPSA) is 47.7 Å². The van der Waals surface area contributed by atoms with Gasteiger partial charge in [-0.1, -0.05) is 11.6 Å². The third kappa shape index (κ3) is 2.97. The van der Waals surface area contributed by atoms with Crippen LogP contribution in [-0.4, -0.2) is 25.4 Å². The number of rotatable bonds is 5. The van der Waals surface area contributed by atoms with Gasteiger partial charge < -0.3 is 9.88 Å². The molecule has 0 unspecified atom stereocenters. The van der Waals surface area contributed by atoms with Crippen LogP contribution in [0.3, 0.4) is 0 Å². The molecule has 1 atom stereocenters. The molecule has 1 aromatic carbocycles. The standard InChI is InChI=1S/C16H21N5/c1-12-4-5-16-14(8-12)15(19-20(16)3)9-18-13(2)10-21-7-6-17-11-21/h4-8,11,13,18H,9-10H2,1-3H3/t13-/m0/s1. The molecule has 0 aliphatic heterocycles. The van der Waals surface area contributed by atoms with Gasteiger partial charge in [0.05, 0.1) is 17.5 Å². The van der Waals surface area contributed by atoms with E-state index in [9.17, 15) is 0 Å². The molecule has 0 saturated carbocycles. The molecule has 1 N–H and O–H groups in total. The van der Waals surface area contributed by atoms with Crippen LogP contribution in [0, 0.1) is 6.92 Å². The fourth-order valence-corrected chi connectivity index (χ4v) is 2.63. The lowest BCUT2D eigenvalue weighted by atomic mass is 10.1. The maximum absolute atomic E-state index is 4.63. The van der Waals surface area contributed by atoms with Gasteiger partial charge in [-0.25, -0.2) is 4.98 Å². The second-order valence-electron chi connectivity index (χ2n) is 5.63. The summed E-state index contributed by atoms with van der Waals surface area (Å²) in [6, 6.07) is 6.83. The van der Waals surface area contributed by atoms with Crippen LogP contribution in [0.4, 0.5) is 0 Å². The highest BCUT2D eigenvalue weighted by Gasteiger charge is 2.10. The number of aryl methyl sites for hydroxylation is 2.